The first-order chi connectivity index (χ1) is 5.29. The minimum Gasteiger partial charge on any atom is -0.330 e. The molecule has 4 nitrogen and oxygen atoms in total. The SMILES string of the molecule is COC1(OC)OCCC1C=O. The predicted octanol–water partition coefficient (Wildman–Crippen LogP) is 0.168. The van der Waals surface area contributed by atoms with Gasteiger partial charge in [-0.25, -0.2) is 0 Å². The van der Waals surface area contributed by atoms with E-state index in [1.165, 1.54) is 14.2 Å². The minimum absolute atomic E-state index is 0.308. The molecule has 0 amide bonds. The predicted molar refractivity (Wildman–Crippen MR) is 36.9 cm³/mol. The van der Waals surface area contributed by atoms with Crippen LogP contribution in [-0.4, -0.2) is 33.1 Å². The summed E-state index contributed by atoms with van der Waals surface area (Å²) in [6.07, 6.45) is 1.46. The average Bonchev–Trinajstić information content (AvgIpc) is 2.47. The van der Waals surface area contributed by atoms with Crippen molar-refractivity contribution in [2.75, 3.05) is 20.8 Å². The van der Waals surface area contributed by atoms with E-state index < -0.39 is 5.97 Å². The highest BCUT2D eigenvalue weighted by atomic mass is 16.9. The lowest BCUT2D eigenvalue weighted by molar-refractivity contribution is -0.353. The Labute approximate surface area is 65.4 Å². The lowest BCUT2D eigenvalue weighted by Crippen LogP contribution is -2.40. The van der Waals surface area contributed by atoms with Crippen LogP contribution in [0.1, 0.15) is 6.42 Å². The van der Waals surface area contributed by atoms with Gasteiger partial charge in [0.05, 0.1) is 12.5 Å². The number of carbonyl (C=O) groups is 1. The maximum absolute atomic E-state index is 10.5. The fourth-order valence-corrected chi connectivity index (χ4v) is 1.27. The van der Waals surface area contributed by atoms with Gasteiger partial charge < -0.3 is 19.0 Å². The molecule has 11 heavy (non-hydrogen) atoms. The second-order valence-corrected chi connectivity index (χ2v) is 2.39. The third kappa shape index (κ3) is 1.29. The van der Waals surface area contributed by atoms with Crippen molar-refractivity contribution in [1.82, 2.24) is 0 Å². The zero-order chi connectivity index (χ0) is 8.32. The Morgan fingerprint density at radius 2 is 2.18 bits per heavy atom. The summed E-state index contributed by atoms with van der Waals surface area (Å²) in [6, 6.07) is 0. The molecule has 4 heteroatoms. The van der Waals surface area contributed by atoms with Crippen LogP contribution in [0.2, 0.25) is 0 Å². The van der Waals surface area contributed by atoms with Crippen LogP contribution in [0.5, 0.6) is 0 Å². The molecule has 1 fully saturated rings. The van der Waals surface area contributed by atoms with E-state index in [-0.39, 0.29) is 5.92 Å². The topological polar surface area (TPSA) is 44.8 Å². The Morgan fingerprint density at radius 3 is 2.55 bits per heavy atom. The summed E-state index contributed by atoms with van der Waals surface area (Å²) >= 11 is 0. The molecular weight excluding hydrogens is 148 g/mol. The molecule has 1 rings (SSSR count). The minimum atomic E-state index is -1.12. The second-order valence-electron chi connectivity index (χ2n) is 2.39. The van der Waals surface area contributed by atoms with Crippen molar-refractivity contribution in [2.45, 2.75) is 12.4 Å². The van der Waals surface area contributed by atoms with Crippen molar-refractivity contribution in [2.24, 2.45) is 5.92 Å². The summed E-state index contributed by atoms with van der Waals surface area (Å²) in [7, 11) is 2.93. The van der Waals surface area contributed by atoms with Crippen molar-refractivity contribution in [3.63, 3.8) is 0 Å². The molecule has 1 heterocycles. The number of hydrogen-bond acceptors (Lipinski definition) is 4. The first kappa shape index (κ1) is 8.64. The largest absolute Gasteiger partial charge is 0.330 e. The van der Waals surface area contributed by atoms with Crippen LogP contribution in [0.3, 0.4) is 0 Å². The molecule has 1 aliphatic heterocycles. The first-order valence-corrected chi connectivity index (χ1v) is 3.48. The van der Waals surface area contributed by atoms with Crippen LogP contribution in [-0.2, 0) is 19.0 Å². The van der Waals surface area contributed by atoms with Crippen LogP contribution >= 0.6 is 0 Å². The molecule has 0 bridgehead atoms. The zero-order valence-electron chi connectivity index (χ0n) is 6.70. The van der Waals surface area contributed by atoms with E-state index in [0.29, 0.717) is 13.0 Å². The normalized spacial score (nSPS) is 28.7. The smallest absolute Gasteiger partial charge is 0.292 e. The molecule has 0 aromatic heterocycles. The number of ether oxygens (including phenoxy) is 3. The summed E-state index contributed by atoms with van der Waals surface area (Å²) in [6.45, 7) is 0.505. The number of carbonyl (C=O) groups excluding carboxylic acids is 1. The van der Waals surface area contributed by atoms with Crippen LogP contribution < -0.4 is 0 Å². The lowest BCUT2D eigenvalue weighted by atomic mass is 10.1. The van der Waals surface area contributed by atoms with Gasteiger partial charge in [-0.2, -0.15) is 0 Å². The highest BCUT2D eigenvalue weighted by molar-refractivity contribution is 5.55. The molecule has 0 aromatic rings. The molecular formula is C7H12O4. The molecule has 1 unspecified atom stereocenters. The van der Waals surface area contributed by atoms with Crippen molar-refractivity contribution >= 4 is 6.29 Å². The van der Waals surface area contributed by atoms with Gasteiger partial charge in [0.2, 0.25) is 0 Å². The number of hydrogen-bond donors (Lipinski definition) is 0. The van der Waals surface area contributed by atoms with Gasteiger partial charge in [-0.1, -0.05) is 0 Å². The number of rotatable bonds is 3. The summed E-state index contributed by atoms with van der Waals surface area (Å²) in [5, 5.41) is 0. The Bertz CT molecular complexity index is 141. The number of methoxy groups -OCH3 is 2. The molecule has 0 saturated carbocycles. The Balaban J connectivity index is 2.71. The summed E-state index contributed by atoms with van der Waals surface area (Å²) < 4.78 is 15.1. The van der Waals surface area contributed by atoms with E-state index in [0.717, 1.165) is 6.29 Å². The van der Waals surface area contributed by atoms with Crippen LogP contribution in [0, 0.1) is 5.92 Å². The van der Waals surface area contributed by atoms with Gasteiger partial charge in [0.1, 0.15) is 6.29 Å². The van der Waals surface area contributed by atoms with Gasteiger partial charge >= 0.3 is 0 Å². The standard InChI is InChI=1S/C7H12O4/c1-9-7(10-2)6(5-8)3-4-11-7/h5-6H,3-4H2,1-2H3. The molecule has 64 valence electrons. The Morgan fingerprint density at radius 1 is 1.55 bits per heavy atom. The van der Waals surface area contributed by atoms with Crippen molar-refractivity contribution in [3.05, 3.63) is 0 Å². The van der Waals surface area contributed by atoms with Gasteiger partial charge in [-0.05, 0) is 6.42 Å². The van der Waals surface area contributed by atoms with Gasteiger partial charge in [-0.15, -0.1) is 0 Å². The first-order valence-electron chi connectivity index (χ1n) is 3.48. The molecule has 1 atom stereocenters. The lowest BCUT2D eigenvalue weighted by Gasteiger charge is -2.27. The third-order valence-electron chi connectivity index (χ3n) is 1.92. The van der Waals surface area contributed by atoms with E-state index >= 15 is 0 Å². The molecule has 0 spiro atoms. The molecule has 1 saturated heterocycles. The van der Waals surface area contributed by atoms with Gasteiger partial charge in [0.25, 0.3) is 5.97 Å². The van der Waals surface area contributed by atoms with Crippen molar-refractivity contribution in [1.29, 1.82) is 0 Å². The quantitative estimate of drug-likeness (QED) is 0.436. The highest BCUT2D eigenvalue weighted by Gasteiger charge is 2.45. The van der Waals surface area contributed by atoms with Crippen LogP contribution in [0.4, 0.5) is 0 Å². The van der Waals surface area contributed by atoms with E-state index in [1.807, 2.05) is 0 Å². The van der Waals surface area contributed by atoms with Crippen LogP contribution in [0.25, 0.3) is 0 Å². The summed E-state index contributed by atoms with van der Waals surface area (Å²) in [5.41, 5.74) is 0. The van der Waals surface area contributed by atoms with Crippen LogP contribution in [0.15, 0.2) is 0 Å². The molecule has 0 N–H and O–H groups in total. The third-order valence-corrected chi connectivity index (χ3v) is 1.92. The molecule has 1 aliphatic rings. The van der Waals surface area contributed by atoms with Gasteiger partial charge in [0, 0.05) is 14.2 Å². The monoisotopic (exact) mass is 160 g/mol. The number of aldehydes is 1. The van der Waals surface area contributed by atoms with E-state index in [9.17, 15) is 4.79 Å². The maximum Gasteiger partial charge on any atom is 0.292 e. The maximum atomic E-state index is 10.5. The van der Waals surface area contributed by atoms with E-state index in [1.54, 1.807) is 0 Å². The summed E-state index contributed by atoms with van der Waals surface area (Å²) in [5.74, 6) is -1.43. The fourth-order valence-electron chi connectivity index (χ4n) is 1.27. The zero-order valence-corrected chi connectivity index (χ0v) is 6.70. The fraction of sp³-hybridized carbons (Fsp3) is 0.857. The van der Waals surface area contributed by atoms with Gasteiger partial charge in [-0.3, -0.25) is 0 Å². The van der Waals surface area contributed by atoms with E-state index in [2.05, 4.69) is 0 Å². The Kier molecular flexibility index (Phi) is 2.59. The summed E-state index contributed by atoms with van der Waals surface area (Å²) in [4.78, 5) is 10.5. The second kappa shape index (κ2) is 3.30. The average molecular weight is 160 g/mol. The highest BCUT2D eigenvalue weighted by Crippen LogP contribution is 2.31. The van der Waals surface area contributed by atoms with Crippen molar-refractivity contribution < 1.29 is 19.0 Å². The molecule has 0 aliphatic carbocycles. The van der Waals surface area contributed by atoms with E-state index in [4.69, 9.17) is 14.2 Å². The van der Waals surface area contributed by atoms with Gasteiger partial charge in [0.15, 0.2) is 0 Å². The molecule has 0 radical (unpaired) electrons. The van der Waals surface area contributed by atoms with Crippen molar-refractivity contribution in [3.8, 4) is 0 Å². The molecule has 0 aromatic carbocycles. The Hall–Kier alpha value is -0.450.